The third-order valence-corrected chi connectivity index (χ3v) is 2.37. The Balaban J connectivity index is 2.81. The molecule has 1 aliphatic heterocycles. The molecule has 0 unspecified atom stereocenters. The molecule has 0 bridgehead atoms. The number of carbonyl (C=O) groups is 2. The number of nitrogens with one attached hydrogen (secondary N) is 1. The van der Waals surface area contributed by atoms with Crippen LogP contribution in [0.5, 0.6) is 0 Å². The second kappa shape index (κ2) is 2.96. The first-order valence-electron chi connectivity index (χ1n) is 2.98. The molecular formula is C6H7NO3S. The molecule has 1 aliphatic rings. The van der Waals surface area contributed by atoms with Crippen molar-refractivity contribution >= 4 is 23.6 Å². The third kappa shape index (κ3) is 1.74. The van der Waals surface area contributed by atoms with Gasteiger partial charge in [-0.1, -0.05) is 11.8 Å². The molecule has 11 heavy (non-hydrogen) atoms. The van der Waals surface area contributed by atoms with E-state index in [0.717, 1.165) is 0 Å². The molecule has 1 saturated heterocycles. The zero-order valence-corrected chi connectivity index (χ0v) is 6.70. The van der Waals surface area contributed by atoms with E-state index in [-0.39, 0.29) is 11.5 Å². The van der Waals surface area contributed by atoms with Crippen LogP contribution < -0.4 is 5.32 Å². The van der Waals surface area contributed by atoms with Crippen molar-refractivity contribution < 1.29 is 14.7 Å². The molecule has 0 radical (unpaired) electrons. The van der Waals surface area contributed by atoms with Gasteiger partial charge in [-0.2, -0.15) is 0 Å². The summed E-state index contributed by atoms with van der Waals surface area (Å²) < 4.78 is 0. The highest BCUT2D eigenvalue weighted by Crippen LogP contribution is 2.22. The SMILES string of the molecule is C/C(C(=O)O)=C1\NC(=O)CS1. The number of hydrogen-bond donors (Lipinski definition) is 2. The molecule has 1 heterocycles. The summed E-state index contributed by atoms with van der Waals surface area (Å²) >= 11 is 1.23. The van der Waals surface area contributed by atoms with Crippen LogP contribution in [0.4, 0.5) is 0 Å². The summed E-state index contributed by atoms with van der Waals surface area (Å²) in [6.45, 7) is 1.47. The topological polar surface area (TPSA) is 66.4 Å². The normalized spacial score (nSPS) is 21.4. The van der Waals surface area contributed by atoms with E-state index in [1.165, 1.54) is 18.7 Å². The van der Waals surface area contributed by atoms with Gasteiger partial charge in [0.25, 0.3) is 0 Å². The van der Waals surface area contributed by atoms with Crippen LogP contribution in [0.3, 0.4) is 0 Å². The lowest BCUT2D eigenvalue weighted by molar-refractivity contribution is -0.132. The highest BCUT2D eigenvalue weighted by atomic mass is 32.2. The lowest BCUT2D eigenvalue weighted by Gasteiger charge is -1.97. The van der Waals surface area contributed by atoms with Crippen LogP contribution in [-0.2, 0) is 9.59 Å². The van der Waals surface area contributed by atoms with E-state index in [9.17, 15) is 9.59 Å². The average molecular weight is 173 g/mol. The first-order chi connectivity index (χ1) is 5.11. The van der Waals surface area contributed by atoms with Crippen molar-refractivity contribution in [3.05, 3.63) is 10.6 Å². The number of carboxylic acids is 1. The van der Waals surface area contributed by atoms with Gasteiger partial charge in [0.05, 0.1) is 16.4 Å². The molecule has 0 aliphatic carbocycles. The molecule has 0 atom stereocenters. The lowest BCUT2D eigenvalue weighted by atomic mass is 10.3. The van der Waals surface area contributed by atoms with Crippen LogP contribution in [0.15, 0.2) is 10.6 Å². The minimum absolute atomic E-state index is 0.134. The van der Waals surface area contributed by atoms with Crippen molar-refractivity contribution in [2.45, 2.75) is 6.92 Å². The Morgan fingerprint density at radius 3 is 2.73 bits per heavy atom. The Morgan fingerprint density at radius 2 is 2.36 bits per heavy atom. The van der Waals surface area contributed by atoms with Crippen molar-refractivity contribution in [3.63, 3.8) is 0 Å². The quantitative estimate of drug-likeness (QED) is 0.554. The molecule has 0 saturated carbocycles. The maximum absolute atomic E-state index is 10.6. The van der Waals surface area contributed by atoms with Crippen molar-refractivity contribution in [1.29, 1.82) is 0 Å². The van der Waals surface area contributed by atoms with Gasteiger partial charge in [-0.15, -0.1) is 0 Å². The number of rotatable bonds is 1. The van der Waals surface area contributed by atoms with E-state index in [1.807, 2.05) is 0 Å². The number of hydrogen-bond acceptors (Lipinski definition) is 3. The van der Waals surface area contributed by atoms with Gasteiger partial charge in [-0.25, -0.2) is 4.79 Å². The van der Waals surface area contributed by atoms with Crippen LogP contribution in [0.25, 0.3) is 0 Å². The van der Waals surface area contributed by atoms with Crippen molar-refractivity contribution in [1.82, 2.24) is 5.32 Å². The van der Waals surface area contributed by atoms with E-state index in [2.05, 4.69) is 5.32 Å². The molecule has 0 aromatic carbocycles. The van der Waals surface area contributed by atoms with Crippen molar-refractivity contribution in [2.75, 3.05) is 5.75 Å². The molecule has 1 fully saturated rings. The molecule has 0 aromatic rings. The number of thioether (sulfide) groups is 1. The highest BCUT2D eigenvalue weighted by molar-refractivity contribution is 8.04. The van der Waals surface area contributed by atoms with Crippen molar-refractivity contribution in [2.24, 2.45) is 0 Å². The summed E-state index contributed by atoms with van der Waals surface area (Å²) in [6, 6.07) is 0. The summed E-state index contributed by atoms with van der Waals surface area (Å²) in [5, 5.41) is 11.4. The zero-order valence-electron chi connectivity index (χ0n) is 5.88. The fourth-order valence-electron chi connectivity index (χ4n) is 0.636. The van der Waals surface area contributed by atoms with Gasteiger partial charge in [0.15, 0.2) is 0 Å². The third-order valence-electron chi connectivity index (χ3n) is 1.26. The largest absolute Gasteiger partial charge is 0.478 e. The fraction of sp³-hybridized carbons (Fsp3) is 0.333. The molecule has 1 amide bonds. The first kappa shape index (κ1) is 8.13. The average Bonchev–Trinajstić information content (AvgIpc) is 2.34. The van der Waals surface area contributed by atoms with E-state index in [4.69, 9.17) is 5.11 Å². The number of aliphatic carboxylic acids is 1. The summed E-state index contributed by atoms with van der Waals surface area (Å²) in [5.41, 5.74) is 0.195. The van der Waals surface area contributed by atoms with Gasteiger partial charge in [0.1, 0.15) is 0 Å². The van der Waals surface area contributed by atoms with Gasteiger partial charge in [-0.05, 0) is 6.92 Å². The monoisotopic (exact) mass is 173 g/mol. The van der Waals surface area contributed by atoms with Crippen LogP contribution in [-0.4, -0.2) is 22.7 Å². The Labute approximate surface area is 67.7 Å². The van der Waals surface area contributed by atoms with E-state index in [1.54, 1.807) is 0 Å². The smallest absolute Gasteiger partial charge is 0.333 e. The predicted molar refractivity (Wildman–Crippen MR) is 40.9 cm³/mol. The van der Waals surface area contributed by atoms with Gasteiger partial charge < -0.3 is 10.4 Å². The second-order valence-electron chi connectivity index (χ2n) is 2.10. The molecule has 0 aromatic heterocycles. The number of carbonyl (C=O) groups excluding carboxylic acids is 1. The molecular weight excluding hydrogens is 166 g/mol. The number of carboxylic acid groups (broad SMARTS) is 1. The molecule has 60 valence electrons. The lowest BCUT2D eigenvalue weighted by Crippen LogP contribution is -2.16. The van der Waals surface area contributed by atoms with E-state index < -0.39 is 5.97 Å². The van der Waals surface area contributed by atoms with Crippen LogP contribution >= 0.6 is 11.8 Å². The van der Waals surface area contributed by atoms with Gasteiger partial charge in [0.2, 0.25) is 5.91 Å². The minimum atomic E-state index is -0.991. The van der Waals surface area contributed by atoms with E-state index in [0.29, 0.717) is 10.8 Å². The fourth-order valence-corrected chi connectivity index (χ4v) is 1.47. The summed E-state index contributed by atoms with van der Waals surface area (Å²) in [4.78, 5) is 21.0. The minimum Gasteiger partial charge on any atom is -0.478 e. The van der Waals surface area contributed by atoms with Crippen molar-refractivity contribution in [3.8, 4) is 0 Å². The summed E-state index contributed by atoms with van der Waals surface area (Å²) in [5.74, 6) is -0.805. The maximum atomic E-state index is 10.6. The van der Waals surface area contributed by atoms with E-state index >= 15 is 0 Å². The highest BCUT2D eigenvalue weighted by Gasteiger charge is 2.19. The maximum Gasteiger partial charge on any atom is 0.333 e. The van der Waals surface area contributed by atoms with Crippen LogP contribution in [0.2, 0.25) is 0 Å². The summed E-state index contributed by atoms with van der Waals surface area (Å²) in [6.07, 6.45) is 0. The van der Waals surface area contributed by atoms with Crippen LogP contribution in [0.1, 0.15) is 6.92 Å². The zero-order chi connectivity index (χ0) is 8.43. The first-order valence-corrected chi connectivity index (χ1v) is 3.96. The Bertz CT molecular complexity index is 246. The Kier molecular flexibility index (Phi) is 2.19. The Hall–Kier alpha value is -0.970. The standard InChI is InChI=1S/C6H7NO3S/c1-3(6(9)10)5-7-4(8)2-11-5/h2H2,1H3,(H,7,8)(H,9,10)/b5-3-. The second-order valence-corrected chi connectivity index (χ2v) is 3.08. The molecule has 2 N–H and O–H groups in total. The predicted octanol–water partition coefficient (Wildman–Crippen LogP) is 0.165. The number of amides is 1. The summed E-state index contributed by atoms with van der Waals surface area (Å²) in [7, 11) is 0. The Morgan fingerprint density at radius 1 is 1.73 bits per heavy atom. The van der Waals surface area contributed by atoms with Gasteiger partial charge >= 0.3 is 5.97 Å². The van der Waals surface area contributed by atoms with Gasteiger partial charge in [0, 0.05) is 0 Å². The molecule has 1 rings (SSSR count). The van der Waals surface area contributed by atoms with Gasteiger partial charge in [-0.3, -0.25) is 4.79 Å². The molecule has 5 heteroatoms. The van der Waals surface area contributed by atoms with Crippen LogP contribution in [0, 0.1) is 0 Å². The molecule has 0 spiro atoms. The molecule has 4 nitrogen and oxygen atoms in total.